The number of benzene rings is 3. The monoisotopic (exact) mass is 605 g/mol. The number of fused-ring (bicyclic) bond motifs is 1. The molecule has 2 aromatic heterocycles. The maximum Gasteiger partial charge on any atom is 0.259 e. The van der Waals surface area contributed by atoms with Crippen LogP contribution in [0.15, 0.2) is 60.8 Å². The Morgan fingerprint density at radius 2 is 1.68 bits per heavy atom. The number of hydrogen-bond acceptors (Lipinski definition) is 3. The van der Waals surface area contributed by atoms with Crippen LogP contribution in [0.3, 0.4) is 0 Å². The summed E-state index contributed by atoms with van der Waals surface area (Å²) < 4.78 is 16.8. The SMILES string of the molecule is Cc1cc(-c2ccccc2)cc(C)c1-n1c(C)cnc1-c1[c-]ccc2sc(F)nc12.[Ir]. The summed E-state index contributed by atoms with van der Waals surface area (Å²) in [5, 5.41) is -0.444. The van der Waals surface area contributed by atoms with Gasteiger partial charge in [0.25, 0.3) is 5.26 Å². The van der Waals surface area contributed by atoms with Crippen LogP contribution >= 0.6 is 11.3 Å². The number of nitrogens with zero attached hydrogens (tertiary/aromatic N) is 3. The van der Waals surface area contributed by atoms with Crippen LogP contribution in [0.2, 0.25) is 0 Å². The number of halogens is 1. The molecule has 0 atom stereocenters. The van der Waals surface area contributed by atoms with Gasteiger partial charge in [-0.05, 0) is 59.9 Å². The molecule has 0 amide bonds. The molecule has 31 heavy (non-hydrogen) atoms. The Hall–Kier alpha value is -2.66. The van der Waals surface area contributed by atoms with Crippen molar-refractivity contribution >= 4 is 21.6 Å². The van der Waals surface area contributed by atoms with Crippen molar-refractivity contribution in [2.75, 3.05) is 0 Å². The molecule has 0 aliphatic carbocycles. The summed E-state index contributed by atoms with van der Waals surface area (Å²) in [6.45, 7) is 6.26. The maximum atomic E-state index is 13.8. The number of thiazole rings is 1. The van der Waals surface area contributed by atoms with Gasteiger partial charge in [-0.1, -0.05) is 35.9 Å². The van der Waals surface area contributed by atoms with E-state index in [1.54, 1.807) is 0 Å². The second kappa shape index (κ2) is 8.46. The molecule has 1 radical (unpaired) electrons. The van der Waals surface area contributed by atoms with Gasteiger partial charge in [0.1, 0.15) is 0 Å². The molecule has 3 aromatic carbocycles. The fourth-order valence-electron chi connectivity index (χ4n) is 4.04. The summed E-state index contributed by atoms with van der Waals surface area (Å²) in [5.41, 5.74) is 8.07. The quantitative estimate of drug-likeness (QED) is 0.215. The molecule has 0 aliphatic rings. The first-order valence-electron chi connectivity index (χ1n) is 9.71. The van der Waals surface area contributed by atoms with E-state index in [0.717, 1.165) is 44.4 Å². The van der Waals surface area contributed by atoms with Crippen LogP contribution in [0.5, 0.6) is 0 Å². The molecular weight excluding hydrogens is 586 g/mol. The van der Waals surface area contributed by atoms with Crippen molar-refractivity contribution in [2.45, 2.75) is 20.8 Å². The van der Waals surface area contributed by atoms with Crippen LogP contribution in [-0.4, -0.2) is 14.5 Å². The number of hydrogen-bond donors (Lipinski definition) is 0. The average molecular weight is 605 g/mol. The van der Waals surface area contributed by atoms with Crippen LogP contribution in [-0.2, 0) is 20.1 Å². The molecule has 2 heterocycles. The first-order valence-corrected chi connectivity index (χ1v) is 10.5. The van der Waals surface area contributed by atoms with Crippen molar-refractivity contribution in [1.82, 2.24) is 14.5 Å². The number of aromatic nitrogens is 3. The van der Waals surface area contributed by atoms with Crippen molar-refractivity contribution in [1.29, 1.82) is 0 Å². The molecule has 0 spiro atoms. The van der Waals surface area contributed by atoms with E-state index in [0.29, 0.717) is 11.1 Å². The van der Waals surface area contributed by atoms with E-state index in [-0.39, 0.29) is 20.1 Å². The van der Waals surface area contributed by atoms with Gasteiger partial charge in [-0.15, -0.1) is 29.5 Å². The molecule has 157 valence electrons. The fraction of sp³-hybridized carbons (Fsp3) is 0.120. The van der Waals surface area contributed by atoms with Crippen LogP contribution in [0.4, 0.5) is 4.39 Å². The minimum Gasteiger partial charge on any atom is -0.337 e. The zero-order chi connectivity index (χ0) is 20.8. The Balaban J connectivity index is 0.00000231. The molecule has 5 rings (SSSR count). The molecule has 0 saturated carbocycles. The Kier molecular flexibility index (Phi) is 5.89. The van der Waals surface area contributed by atoms with E-state index in [1.165, 1.54) is 11.1 Å². The molecule has 0 N–H and O–H groups in total. The molecule has 6 heteroatoms. The molecule has 0 fully saturated rings. The van der Waals surface area contributed by atoms with Crippen LogP contribution in [0.25, 0.3) is 38.4 Å². The van der Waals surface area contributed by atoms with E-state index in [2.05, 4.69) is 70.8 Å². The summed E-state index contributed by atoms with van der Waals surface area (Å²) in [4.78, 5) is 8.76. The maximum absolute atomic E-state index is 13.8. The Morgan fingerprint density at radius 1 is 0.968 bits per heavy atom. The predicted molar refractivity (Wildman–Crippen MR) is 121 cm³/mol. The Labute approximate surface area is 198 Å². The second-order valence-electron chi connectivity index (χ2n) is 7.42. The topological polar surface area (TPSA) is 30.7 Å². The van der Waals surface area contributed by atoms with E-state index in [4.69, 9.17) is 0 Å². The van der Waals surface area contributed by atoms with Crippen LogP contribution < -0.4 is 0 Å². The Morgan fingerprint density at radius 3 is 2.39 bits per heavy atom. The number of rotatable bonds is 3. The minimum atomic E-state index is -0.444. The van der Waals surface area contributed by atoms with Gasteiger partial charge in [0.2, 0.25) is 0 Å². The van der Waals surface area contributed by atoms with Gasteiger partial charge in [-0.2, -0.15) is 4.39 Å². The van der Waals surface area contributed by atoms with Gasteiger partial charge in [0.05, 0.1) is 5.82 Å². The van der Waals surface area contributed by atoms with Gasteiger partial charge < -0.3 is 4.57 Å². The largest absolute Gasteiger partial charge is 0.337 e. The van der Waals surface area contributed by atoms with Crippen molar-refractivity contribution in [3.8, 4) is 28.2 Å². The van der Waals surface area contributed by atoms with E-state index < -0.39 is 5.26 Å². The number of imidazole rings is 1. The predicted octanol–water partition coefficient (Wildman–Crippen LogP) is 6.68. The second-order valence-corrected chi connectivity index (χ2v) is 8.40. The summed E-state index contributed by atoms with van der Waals surface area (Å²) in [6.07, 6.45) is 1.84. The van der Waals surface area contributed by atoms with Gasteiger partial charge in [-0.3, -0.25) is 9.97 Å². The number of aryl methyl sites for hydroxylation is 3. The molecule has 0 bridgehead atoms. The normalized spacial score (nSPS) is 11.0. The van der Waals surface area contributed by atoms with Gasteiger partial charge in [0, 0.05) is 43.2 Å². The molecule has 0 saturated heterocycles. The summed E-state index contributed by atoms with van der Waals surface area (Å²) >= 11 is 1.04. The third-order valence-corrected chi connectivity index (χ3v) is 6.12. The summed E-state index contributed by atoms with van der Waals surface area (Å²) in [6, 6.07) is 21.7. The molecule has 0 aliphatic heterocycles. The standard InChI is InChI=1S/C25H19FN3S.Ir/c1-15-12-19(18-8-5-4-6-9-18)13-16(2)23(15)29-17(3)14-27-24(29)20-10-7-11-21-22(20)28-25(26)30-21;/h4-9,11-14H,1-3H3;/q-1;. The summed E-state index contributed by atoms with van der Waals surface area (Å²) in [5.74, 6) is 0.724. The van der Waals surface area contributed by atoms with Crippen molar-refractivity contribution in [3.05, 3.63) is 88.9 Å². The summed E-state index contributed by atoms with van der Waals surface area (Å²) in [7, 11) is 0. The van der Waals surface area contributed by atoms with Crippen LogP contribution in [0, 0.1) is 32.1 Å². The zero-order valence-electron chi connectivity index (χ0n) is 17.2. The average Bonchev–Trinajstić information content (AvgIpc) is 3.30. The van der Waals surface area contributed by atoms with E-state index >= 15 is 0 Å². The van der Waals surface area contributed by atoms with Gasteiger partial charge in [-0.25, -0.2) is 0 Å². The smallest absolute Gasteiger partial charge is 0.259 e. The van der Waals surface area contributed by atoms with Crippen molar-refractivity contribution < 1.29 is 24.5 Å². The van der Waals surface area contributed by atoms with Crippen molar-refractivity contribution in [2.24, 2.45) is 0 Å². The molecule has 0 unspecified atom stereocenters. The van der Waals surface area contributed by atoms with E-state index in [9.17, 15) is 4.39 Å². The molecule has 5 aromatic rings. The fourth-order valence-corrected chi connectivity index (χ4v) is 4.74. The molecular formula is C25H19FIrN3S-. The minimum absolute atomic E-state index is 0. The van der Waals surface area contributed by atoms with Crippen molar-refractivity contribution in [3.63, 3.8) is 0 Å². The first kappa shape index (κ1) is 21.6. The first-order chi connectivity index (χ1) is 14.5. The molecule has 3 nitrogen and oxygen atoms in total. The van der Waals surface area contributed by atoms with E-state index in [1.807, 2.05) is 31.3 Å². The third-order valence-electron chi connectivity index (χ3n) is 5.31. The van der Waals surface area contributed by atoms with Gasteiger partial charge in [0.15, 0.2) is 0 Å². The zero-order valence-corrected chi connectivity index (χ0v) is 20.4. The van der Waals surface area contributed by atoms with Gasteiger partial charge >= 0.3 is 0 Å². The third kappa shape index (κ3) is 3.76. The Bertz CT molecular complexity index is 1370. The van der Waals surface area contributed by atoms with Crippen LogP contribution in [0.1, 0.15) is 16.8 Å².